The van der Waals surface area contributed by atoms with Crippen LogP contribution in [0.5, 0.6) is 0 Å². The number of aliphatic hydroxyl groups is 1. The van der Waals surface area contributed by atoms with Crippen molar-refractivity contribution in [3.05, 3.63) is 48.5 Å². The van der Waals surface area contributed by atoms with Crippen LogP contribution < -0.4 is 0 Å². The smallest absolute Gasteiger partial charge is 0.469 e. The minimum atomic E-state index is -2.86. The Kier molecular flexibility index (Phi) is 14.2. The molecule has 12 heteroatoms. The van der Waals surface area contributed by atoms with Crippen LogP contribution in [-0.2, 0) is 41.9 Å². The molecular formula is C36H53NO10Si. The van der Waals surface area contributed by atoms with Crippen molar-refractivity contribution in [2.75, 3.05) is 48.3 Å². The molecule has 0 amide bonds. The number of ether oxygens (including phenoxy) is 3. The molecule has 48 heavy (non-hydrogen) atoms. The van der Waals surface area contributed by atoms with E-state index in [9.17, 15) is 19.5 Å². The van der Waals surface area contributed by atoms with Crippen molar-refractivity contribution in [3.8, 4) is 0 Å². The van der Waals surface area contributed by atoms with Gasteiger partial charge in [-0.2, -0.15) is 0 Å². The van der Waals surface area contributed by atoms with Gasteiger partial charge < -0.3 is 37.2 Å². The zero-order valence-electron chi connectivity index (χ0n) is 29.7. The van der Waals surface area contributed by atoms with Gasteiger partial charge in [-0.25, -0.2) is 0 Å². The van der Waals surface area contributed by atoms with Crippen LogP contribution in [0.4, 0.5) is 0 Å². The molecule has 3 rings (SSSR count). The number of methoxy groups -OCH3 is 1. The lowest BCUT2D eigenvalue weighted by atomic mass is 9.72. The van der Waals surface area contributed by atoms with Crippen molar-refractivity contribution in [3.63, 3.8) is 0 Å². The molecule has 3 aromatic rings. The topological polar surface area (TPSA) is 132 Å². The van der Waals surface area contributed by atoms with Gasteiger partial charge in [-0.15, -0.1) is 0 Å². The molecule has 11 nitrogen and oxygen atoms in total. The normalized spacial score (nSPS) is 14.8. The number of esters is 3. The van der Waals surface area contributed by atoms with Gasteiger partial charge in [-0.3, -0.25) is 14.4 Å². The number of nitrogens with zero attached hydrogens (tertiary/aromatic N) is 1. The zero-order valence-corrected chi connectivity index (χ0v) is 30.7. The highest BCUT2D eigenvalue weighted by molar-refractivity contribution is 6.60. The molecule has 0 radical (unpaired) electrons. The Bertz CT molecular complexity index is 1460. The minimum Gasteiger partial charge on any atom is -0.469 e. The molecule has 266 valence electrons. The third kappa shape index (κ3) is 9.03. The summed E-state index contributed by atoms with van der Waals surface area (Å²) in [6.07, 6.45) is 1.67. The highest BCUT2D eigenvalue weighted by Gasteiger charge is 2.44. The van der Waals surface area contributed by atoms with Crippen LogP contribution in [0.3, 0.4) is 0 Å². The summed E-state index contributed by atoms with van der Waals surface area (Å²) < 4.78 is 35.2. The third-order valence-electron chi connectivity index (χ3n) is 9.30. The molecule has 2 aromatic carbocycles. The van der Waals surface area contributed by atoms with Gasteiger partial charge in [0.2, 0.25) is 0 Å². The molecule has 1 heterocycles. The van der Waals surface area contributed by atoms with E-state index in [4.69, 9.17) is 27.5 Å². The number of rotatable bonds is 20. The Morgan fingerprint density at radius 3 is 1.83 bits per heavy atom. The van der Waals surface area contributed by atoms with Crippen LogP contribution in [0.1, 0.15) is 65.8 Å². The number of hydrogen-bond donors (Lipinski definition) is 1. The average molecular weight is 688 g/mol. The number of carbonyl (C=O) groups is 3. The van der Waals surface area contributed by atoms with Crippen molar-refractivity contribution in [1.82, 2.24) is 4.57 Å². The van der Waals surface area contributed by atoms with Gasteiger partial charge in [-0.1, -0.05) is 43.3 Å². The first-order valence-corrected chi connectivity index (χ1v) is 18.4. The van der Waals surface area contributed by atoms with E-state index >= 15 is 0 Å². The number of fused-ring (bicyclic) bond motifs is 3. The van der Waals surface area contributed by atoms with Crippen molar-refractivity contribution < 1.29 is 47.0 Å². The molecule has 0 fully saturated rings. The lowest BCUT2D eigenvalue weighted by molar-refractivity contribution is -0.160. The predicted molar refractivity (Wildman–Crippen MR) is 185 cm³/mol. The molecule has 0 spiro atoms. The molecule has 3 unspecified atom stereocenters. The fraction of sp³-hybridized carbons (Fsp3) is 0.583. The molecule has 0 aliphatic heterocycles. The Morgan fingerprint density at radius 2 is 1.33 bits per heavy atom. The fourth-order valence-corrected chi connectivity index (χ4v) is 8.36. The van der Waals surface area contributed by atoms with Crippen LogP contribution in [0, 0.1) is 16.7 Å². The quantitative estimate of drug-likeness (QED) is 0.0645. The van der Waals surface area contributed by atoms with Gasteiger partial charge in [0, 0.05) is 55.2 Å². The van der Waals surface area contributed by atoms with Crippen molar-refractivity contribution in [1.29, 1.82) is 0 Å². The molecule has 0 aliphatic rings. The van der Waals surface area contributed by atoms with Gasteiger partial charge in [0.1, 0.15) is 6.61 Å². The Balaban J connectivity index is 2.11. The highest BCUT2D eigenvalue weighted by Crippen LogP contribution is 2.45. The van der Waals surface area contributed by atoms with Crippen LogP contribution in [0.25, 0.3) is 21.8 Å². The Morgan fingerprint density at radius 1 is 0.792 bits per heavy atom. The summed E-state index contributed by atoms with van der Waals surface area (Å²) in [5.41, 5.74) is -0.231. The summed E-state index contributed by atoms with van der Waals surface area (Å²) >= 11 is 0. The van der Waals surface area contributed by atoms with Crippen LogP contribution in [0.2, 0.25) is 6.04 Å². The van der Waals surface area contributed by atoms with E-state index in [2.05, 4.69) is 16.7 Å². The maximum Gasteiger partial charge on any atom is 0.500 e. The van der Waals surface area contributed by atoms with Crippen LogP contribution in [-0.4, -0.2) is 84.6 Å². The SMILES string of the molecule is CCC(CC(C)(CC(CC(C)(C)C(=O)OCCO)n1c2ccccc2c2ccccc21)C(=O)OCCC[Si](OC)(OC)OC)C(=O)OC. The number of carbonyl (C=O) groups excluding carboxylic acids is 3. The summed E-state index contributed by atoms with van der Waals surface area (Å²) in [6, 6.07) is 16.2. The van der Waals surface area contributed by atoms with E-state index in [1.165, 1.54) is 28.4 Å². The first-order valence-electron chi connectivity index (χ1n) is 16.5. The molecule has 0 bridgehead atoms. The van der Waals surface area contributed by atoms with Crippen molar-refractivity contribution >= 4 is 48.5 Å². The number of aliphatic hydroxyl groups excluding tert-OH is 1. The van der Waals surface area contributed by atoms with Crippen molar-refractivity contribution in [2.45, 2.75) is 71.9 Å². The molecule has 3 atom stereocenters. The van der Waals surface area contributed by atoms with Crippen LogP contribution >= 0.6 is 0 Å². The van der Waals surface area contributed by atoms with E-state index in [-0.39, 0.29) is 32.7 Å². The van der Waals surface area contributed by atoms with Gasteiger partial charge in [0.05, 0.1) is 37.1 Å². The van der Waals surface area contributed by atoms with Gasteiger partial charge in [0.15, 0.2) is 0 Å². The summed E-state index contributed by atoms with van der Waals surface area (Å²) in [6.45, 7) is 7.06. The molecule has 1 aromatic heterocycles. The Hall–Kier alpha value is -3.29. The maximum absolute atomic E-state index is 14.2. The minimum absolute atomic E-state index is 0.104. The number of hydrogen-bond acceptors (Lipinski definition) is 10. The van der Waals surface area contributed by atoms with Gasteiger partial charge >= 0.3 is 26.7 Å². The summed E-state index contributed by atoms with van der Waals surface area (Å²) in [7, 11) is 3.10. The standard InChI is InChI=1S/C36H53NO10Si/c1-9-26(32(39)42-5)23-36(4,34(41)46-20-14-22-48(43-6,44-7)45-8)25-27(24-35(2,3)33(40)47-21-19-38)37-30-17-12-10-15-28(30)29-16-11-13-18-31(29)37/h10-13,15-18,26-27,38H,9,14,19-25H2,1-8H3. The molecular weight excluding hydrogens is 634 g/mol. The number of para-hydroxylation sites is 2. The predicted octanol–water partition coefficient (Wildman–Crippen LogP) is 6.08. The van der Waals surface area contributed by atoms with E-state index in [0.29, 0.717) is 25.3 Å². The Labute approximate surface area is 285 Å². The largest absolute Gasteiger partial charge is 0.500 e. The van der Waals surface area contributed by atoms with Gasteiger partial charge in [-0.05, 0) is 65.0 Å². The fourth-order valence-electron chi connectivity index (χ4n) is 6.67. The highest BCUT2D eigenvalue weighted by atomic mass is 28.4. The second-order valence-corrected chi connectivity index (χ2v) is 16.2. The molecule has 0 aliphatic carbocycles. The van der Waals surface area contributed by atoms with Gasteiger partial charge in [0.25, 0.3) is 0 Å². The first kappa shape index (κ1) is 39.1. The summed E-state index contributed by atoms with van der Waals surface area (Å²) in [5.74, 6) is -1.84. The lowest BCUT2D eigenvalue weighted by Crippen LogP contribution is -2.43. The summed E-state index contributed by atoms with van der Waals surface area (Å²) in [5, 5.41) is 11.4. The average Bonchev–Trinajstić information content (AvgIpc) is 3.43. The summed E-state index contributed by atoms with van der Waals surface area (Å²) in [4.78, 5) is 40.5. The molecule has 0 saturated heterocycles. The van der Waals surface area contributed by atoms with E-state index < -0.39 is 49.5 Å². The molecule has 1 N–H and O–H groups in total. The second-order valence-electron chi connectivity index (χ2n) is 13.1. The maximum atomic E-state index is 14.2. The third-order valence-corrected chi connectivity index (χ3v) is 12.1. The van der Waals surface area contributed by atoms with Crippen LogP contribution in [0.15, 0.2) is 48.5 Å². The van der Waals surface area contributed by atoms with E-state index in [0.717, 1.165) is 21.8 Å². The second kappa shape index (κ2) is 17.4. The van der Waals surface area contributed by atoms with E-state index in [1.54, 1.807) is 0 Å². The number of benzene rings is 2. The lowest BCUT2D eigenvalue weighted by Gasteiger charge is -2.37. The molecule has 0 saturated carbocycles. The van der Waals surface area contributed by atoms with Crippen molar-refractivity contribution in [2.24, 2.45) is 16.7 Å². The zero-order chi connectivity index (χ0) is 35.5. The van der Waals surface area contributed by atoms with E-state index in [1.807, 2.05) is 64.1 Å². The number of aromatic nitrogens is 1. The monoisotopic (exact) mass is 687 g/mol. The first-order chi connectivity index (χ1) is 22.9.